The second kappa shape index (κ2) is 11.6. The van der Waals surface area contributed by atoms with Gasteiger partial charge in [-0.3, -0.25) is 14.4 Å². The molecule has 4 fully saturated rings. The number of fused-ring (bicyclic) bond motifs is 1. The van der Waals surface area contributed by atoms with Gasteiger partial charge < -0.3 is 25.2 Å². The van der Waals surface area contributed by atoms with E-state index >= 15 is 0 Å². The van der Waals surface area contributed by atoms with E-state index in [1.807, 2.05) is 36.4 Å². The summed E-state index contributed by atoms with van der Waals surface area (Å²) < 4.78 is 7.41. The Balaban J connectivity index is 1.23. The van der Waals surface area contributed by atoms with Gasteiger partial charge in [-0.05, 0) is 75.4 Å². The Morgan fingerprint density at radius 1 is 1.05 bits per heavy atom. The molecule has 0 aromatic heterocycles. The summed E-state index contributed by atoms with van der Waals surface area (Å²) in [4.78, 5) is 45.9. The first-order valence-corrected chi connectivity index (χ1v) is 15.9. The SMILES string of the molecule is C[C@@H]1CCCN(CCCN2C(=O)[C@@H]3[C@H](C(=O)Nc4ccc(Br)cc4)[C@@H]4C=C[C@@]3(O4)[C@@H]2C(=O)NC2CCCCC2)C1. The number of nitrogens with one attached hydrogen (secondary N) is 2. The molecule has 6 rings (SSSR count). The maximum absolute atomic E-state index is 14.2. The molecule has 2 N–H and O–H groups in total. The maximum Gasteiger partial charge on any atom is 0.246 e. The first-order valence-electron chi connectivity index (χ1n) is 15.1. The first kappa shape index (κ1) is 27.9. The number of amides is 3. The Bertz CT molecular complexity index is 1150. The Kier molecular flexibility index (Phi) is 8.07. The van der Waals surface area contributed by atoms with E-state index < -0.39 is 29.6 Å². The van der Waals surface area contributed by atoms with Gasteiger partial charge in [0.15, 0.2) is 0 Å². The van der Waals surface area contributed by atoms with Gasteiger partial charge >= 0.3 is 0 Å². The van der Waals surface area contributed by atoms with Crippen LogP contribution in [0.4, 0.5) is 5.69 Å². The largest absolute Gasteiger partial charge is 0.359 e. The van der Waals surface area contributed by atoms with Crippen LogP contribution in [0.3, 0.4) is 0 Å². The summed E-state index contributed by atoms with van der Waals surface area (Å²) in [7, 11) is 0. The van der Waals surface area contributed by atoms with Gasteiger partial charge in [0, 0.05) is 29.3 Å². The van der Waals surface area contributed by atoms with Crippen molar-refractivity contribution in [2.24, 2.45) is 17.8 Å². The van der Waals surface area contributed by atoms with E-state index in [2.05, 4.69) is 38.4 Å². The van der Waals surface area contributed by atoms with Crippen molar-refractivity contribution in [1.82, 2.24) is 15.1 Å². The van der Waals surface area contributed by atoms with Crippen molar-refractivity contribution >= 4 is 39.3 Å². The molecule has 40 heavy (non-hydrogen) atoms. The van der Waals surface area contributed by atoms with Gasteiger partial charge in [0.2, 0.25) is 17.7 Å². The Hall–Kier alpha value is -2.23. The Labute approximate surface area is 245 Å². The number of ether oxygens (including phenoxy) is 1. The smallest absolute Gasteiger partial charge is 0.246 e. The van der Waals surface area contributed by atoms with E-state index in [9.17, 15) is 14.4 Å². The van der Waals surface area contributed by atoms with Crippen molar-refractivity contribution < 1.29 is 19.1 Å². The summed E-state index contributed by atoms with van der Waals surface area (Å²) in [6.45, 7) is 5.84. The minimum atomic E-state index is -1.11. The highest BCUT2D eigenvalue weighted by Crippen LogP contribution is 2.55. The fourth-order valence-corrected chi connectivity index (χ4v) is 8.01. The monoisotopic (exact) mass is 612 g/mol. The second-order valence-electron chi connectivity index (χ2n) is 12.5. The normalized spacial score (nSPS) is 33.8. The summed E-state index contributed by atoms with van der Waals surface area (Å²) in [5, 5.41) is 6.26. The topological polar surface area (TPSA) is 91.0 Å². The lowest BCUT2D eigenvalue weighted by Gasteiger charge is -2.35. The number of hydrogen-bond acceptors (Lipinski definition) is 5. The van der Waals surface area contributed by atoms with Crippen LogP contribution in [0.15, 0.2) is 40.9 Å². The number of nitrogens with zero attached hydrogens (tertiary/aromatic N) is 2. The highest BCUT2D eigenvalue weighted by Gasteiger charge is 2.72. The zero-order chi connectivity index (χ0) is 27.9. The molecule has 1 aromatic rings. The van der Waals surface area contributed by atoms with Crippen molar-refractivity contribution in [3.05, 3.63) is 40.9 Å². The molecular weight excluding hydrogens is 572 g/mol. The molecule has 1 saturated carbocycles. The zero-order valence-electron chi connectivity index (χ0n) is 23.3. The maximum atomic E-state index is 14.2. The molecule has 1 spiro atoms. The van der Waals surface area contributed by atoms with Gasteiger partial charge in [-0.15, -0.1) is 0 Å². The molecule has 8 nitrogen and oxygen atoms in total. The standard InChI is InChI=1S/C31H41BrN4O4/c1-20-7-5-16-35(19-20)17-6-18-36-27(29(38)34-22-8-3-2-4-9-22)31-15-14-24(40-31)25(26(31)30(36)39)28(37)33-23-12-10-21(32)11-13-23/h10-15,20,22,24-27H,2-9,16-19H2,1H3,(H,33,37)(H,34,38)/t20-,24+,25-,26+,27+,31+/m1/s1. The molecule has 3 saturated heterocycles. The molecule has 1 aromatic carbocycles. The van der Waals surface area contributed by atoms with Gasteiger partial charge in [0.25, 0.3) is 0 Å². The molecule has 4 heterocycles. The summed E-state index contributed by atoms with van der Waals surface area (Å²) >= 11 is 3.43. The summed E-state index contributed by atoms with van der Waals surface area (Å²) in [6, 6.07) is 6.75. The van der Waals surface area contributed by atoms with E-state index in [-0.39, 0.29) is 23.8 Å². The van der Waals surface area contributed by atoms with Crippen LogP contribution in [-0.4, -0.2) is 77.5 Å². The van der Waals surface area contributed by atoms with Crippen LogP contribution in [0.2, 0.25) is 0 Å². The number of benzene rings is 1. The number of hydrogen-bond donors (Lipinski definition) is 2. The summed E-state index contributed by atoms with van der Waals surface area (Å²) in [5.41, 5.74) is -0.444. The molecule has 3 amide bonds. The second-order valence-corrected chi connectivity index (χ2v) is 13.4. The minimum Gasteiger partial charge on any atom is -0.359 e. The molecular formula is C31H41BrN4O4. The van der Waals surface area contributed by atoms with Gasteiger partial charge in [0.1, 0.15) is 11.6 Å². The van der Waals surface area contributed by atoms with Crippen LogP contribution in [0.1, 0.15) is 58.3 Å². The number of rotatable bonds is 8. The first-order chi connectivity index (χ1) is 19.4. The lowest BCUT2D eigenvalue weighted by atomic mass is 9.74. The number of likely N-dealkylation sites (tertiary alicyclic amines) is 2. The quantitative estimate of drug-likeness (QED) is 0.431. The summed E-state index contributed by atoms with van der Waals surface area (Å²) in [5.74, 6) is -1.23. The van der Waals surface area contributed by atoms with Gasteiger partial charge in [-0.2, -0.15) is 0 Å². The zero-order valence-corrected chi connectivity index (χ0v) is 24.9. The van der Waals surface area contributed by atoms with Crippen molar-refractivity contribution in [2.45, 2.75) is 82.1 Å². The van der Waals surface area contributed by atoms with Crippen LogP contribution >= 0.6 is 15.9 Å². The highest BCUT2D eigenvalue weighted by atomic mass is 79.9. The van der Waals surface area contributed by atoms with E-state index in [4.69, 9.17) is 4.74 Å². The third-order valence-electron chi connectivity index (χ3n) is 9.60. The molecule has 5 aliphatic rings. The molecule has 1 aliphatic carbocycles. The van der Waals surface area contributed by atoms with Crippen LogP contribution in [0, 0.1) is 17.8 Å². The number of carbonyl (C=O) groups is 3. The highest BCUT2D eigenvalue weighted by molar-refractivity contribution is 9.10. The molecule has 4 aliphatic heterocycles. The van der Waals surface area contributed by atoms with Crippen molar-refractivity contribution in [2.75, 3.05) is 31.5 Å². The average molecular weight is 614 g/mol. The lowest BCUT2D eigenvalue weighted by molar-refractivity contribution is -0.141. The molecule has 0 radical (unpaired) electrons. The number of carbonyl (C=O) groups excluding carboxylic acids is 3. The average Bonchev–Trinajstić information content (AvgIpc) is 3.58. The number of anilines is 1. The number of piperidine rings is 1. The predicted octanol–water partition coefficient (Wildman–Crippen LogP) is 4.11. The van der Waals surface area contributed by atoms with Crippen LogP contribution in [-0.2, 0) is 19.1 Å². The third-order valence-corrected chi connectivity index (χ3v) is 10.1. The van der Waals surface area contributed by atoms with E-state index in [1.165, 1.54) is 19.3 Å². The third kappa shape index (κ3) is 5.25. The van der Waals surface area contributed by atoms with Gasteiger partial charge in [0.05, 0.1) is 17.9 Å². The van der Waals surface area contributed by atoms with Crippen LogP contribution in [0.5, 0.6) is 0 Å². The number of halogens is 1. The molecule has 2 bridgehead atoms. The van der Waals surface area contributed by atoms with Crippen LogP contribution in [0.25, 0.3) is 0 Å². The fraction of sp³-hybridized carbons (Fsp3) is 0.645. The predicted molar refractivity (Wildman–Crippen MR) is 156 cm³/mol. The fourth-order valence-electron chi connectivity index (χ4n) is 7.75. The molecule has 216 valence electrons. The van der Waals surface area contributed by atoms with Crippen molar-refractivity contribution in [3.8, 4) is 0 Å². The Morgan fingerprint density at radius 2 is 1.82 bits per heavy atom. The van der Waals surface area contributed by atoms with Crippen LogP contribution < -0.4 is 10.6 Å². The van der Waals surface area contributed by atoms with Crippen molar-refractivity contribution in [1.29, 1.82) is 0 Å². The Morgan fingerprint density at radius 3 is 2.58 bits per heavy atom. The van der Waals surface area contributed by atoms with Crippen molar-refractivity contribution in [3.63, 3.8) is 0 Å². The van der Waals surface area contributed by atoms with Gasteiger partial charge in [-0.1, -0.05) is 54.3 Å². The molecule has 6 atom stereocenters. The van der Waals surface area contributed by atoms with E-state index in [0.29, 0.717) is 18.2 Å². The molecule has 0 unspecified atom stereocenters. The minimum absolute atomic E-state index is 0.127. The van der Waals surface area contributed by atoms with Gasteiger partial charge in [-0.25, -0.2) is 0 Å². The van der Waals surface area contributed by atoms with E-state index in [0.717, 1.165) is 56.2 Å². The lowest BCUT2D eigenvalue weighted by Crippen LogP contribution is -2.56. The van der Waals surface area contributed by atoms with E-state index in [1.54, 1.807) is 4.90 Å². The summed E-state index contributed by atoms with van der Waals surface area (Å²) in [6.07, 6.45) is 11.9. The molecule has 9 heteroatoms.